The summed E-state index contributed by atoms with van der Waals surface area (Å²) in [6.45, 7) is 2.91. The third-order valence-corrected chi connectivity index (χ3v) is 5.66. The number of aryl methyl sites for hydroxylation is 1. The number of nitro groups is 1. The fraction of sp³-hybridized carbons (Fsp3) is 0.174. The molecule has 1 heterocycles. The lowest BCUT2D eigenvalue weighted by molar-refractivity contribution is -0.385. The molecule has 0 radical (unpaired) electrons. The van der Waals surface area contributed by atoms with Crippen LogP contribution in [0, 0.1) is 22.9 Å². The van der Waals surface area contributed by atoms with Gasteiger partial charge in [-0.3, -0.25) is 24.3 Å². The molecule has 0 atom stereocenters. The molecular weight excluding hydrogens is 465 g/mol. The van der Waals surface area contributed by atoms with Gasteiger partial charge < -0.3 is 10.1 Å². The van der Waals surface area contributed by atoms with E-state index in [1.54, 1.807) is 26.0 Å². The Morgan fingerprint density at radius 2 is 2.03 bits per heavy atom. The number of amides is 1. The average molecular weight is 485 g/mol. The SMILES string of the molecule is CCOC(=O)/C=c1\s/c(=C\c2ccc(C)c([N+](=O)[O-])c2)c(=O)n1CC(=O)Nc1cccc(F)c1. The molecule has 11 heteroatoms. The van der Waals surface area contributed by atoms with E-state index in [2.05, 4.69) is 5.32 Å². The van der Waals surface area contributed by atoms with Crippen LogP contribution >= 0.6 is 11.3 Å². The van der Waals surface area contributed by atoms with Crippen LogP contribution in [0.1, 0.15) is 18.1 Å². The van der Waals surface area contributed by atoms with Gasteiger partial charge in [0.1, 0.15) is 17.0 Å². The smallest absolute Gasteiger partial charge is 0.333 e. The van der Waals surface area contributed by atoms with E-state index in [4.69, 9.17) is 4.74 Å². The Morgan fingerprint density at radius 1 is 1.26 bits per heavy atom. The van der Waals surface area contributed by atoms with Crippen molar-refractivity contribution in [1.82, 2.24) is 4.57 Å². The molecule has 0 unspecified atom stereocenters. The van der Waals surface area contributed by atoms with Gasteiger partial charge in [-0.15, -0.1) is 11.3 Å². The molecule has 9 nitrogen and oxygen atoms in total. The Balaban J connectivity index is 2.05. The van der Waals surface area contributed by atoms with E-state index in [1.807, 2.05) is 0 Å². The minimum atomic E-state index is -0.694. The molecular formula is C23H20FN3O6S. The van der Waals surface area contributed by atoms with Gasteiger partial charge in [0, 0.05) is 17.3 Å². The molecule has 3 rings (SSSR count). The lowest BCUT2D eigenvalue weighted by Crippen LogP contribution is -2.36. The molecule has 3 aromatic rings. The van der Waals surface area contributed by atoms with E-state index >= 15 is 0 Å². The minimum absolute atomic E-state index is 0.0987. The Labute approximate surface area is 196 Å². The van der Waals surface area contributed by atoms with Crippen molar-refractivity contribution in [3.05, 3.63) is 89.1 Å². The first-order valence-corrected chi connectivity index (χ1v) is 10.9. The van der Waals surface area contributed by atoms with Crippen LogP contribution in [0.4, 0.5) is 15.8 Å². The highest BCUT2D eigenvalue weighted by molar-refractivity contribution is 7.07. The van der Waals surface area contributed by atoms with Crippen LogP contribution in [-0.2, 0) is 20.9 Å². The summed E-state index contributed by atoms with van der Waals surface area (Å²) < 4.78 is 19.7. The molecule has 1 aromatic heterocycles. The van der Waals surface area contributed by atoms with Crippen LogP contribution < -0.4 is 20.1 Å². The fourth-order valence-electron chi connectivity index (χ4n) is 3.05. The molecule has 0 fully saturated rings. The van der Waals surface area contributed by atoms with E-state index in [-0.39, 0.29) is 27.2 Å². The summed E-state index contributed by atoms with van der Waals surface area (Å²) in [4.78, 5) is 48.3. The minimum Gasteiger partial charge on any atom is -0.463 e. The lowest BCUT2D eigenvalue weighted by atomic mass is 10.1. The molecule has 0 saturated heterocycles. The topological polar surface area (TPSA) is 121 Å². The van der Waals surface area contributed by atoms with E-state index in [0.717, 1.165) is 28.0 Å². The number of nitrogens with one attached hydrogen (secondary N) is 1. The molecule has 0 aliphatic carbocycles. The highest BCUT2D eigenvalue weighted by Gasteiger charge is 2.13. The Hall–Kier alpha value is -4.12. The Morgan fingerprint density at radius 3 is 2.71 bits per heavy atom. The maximum Gasteiger partial charge on any atom is 0.333 e. The van der Waals surface area contributed by atoms with Gasteiger partial charge >= 0.3 is 5.97 Å². The van der Waals surface area contributed by atoms with E-state index in [0.29, 0.717) is 11.1 Å². The first kappa shape index (κ1) is 24.5. The largest absolute Gasteiger partial charge is 0.463 e. The Kier molecular flexibility index (Phi) is 7.69. The first-order valence-electron chi connectivity index (χ1n) is 10.1. The fourth-order valence-corrected chi connectivity index (χ4v) is 4.08. The molecule has 34 heavy (non-hydrogen) atoms. The van der Waals surface area contributed by atoms with Crippen molar-refractivity contribution in [1.29, 1.82) is 0 Å². The van der Waals surface area contributed by atoms with E-state index < -0.39 is 34.7 Å². The van der Waals surface area contributed by atoms with Crippen LogP contribution in [0.5, 0.6) is 0 Å². The molecule has 2 aromatic carbocycles. The van der Waals surface area contributed by atoms with Gasteiger partial charge in [0.05, 0.1) is 22.1 Å². The second kappa shape index (κ2) is 10.7. The van der Waals surface area contributed by atoms with Gasteiger partial charge in [-0.05, 0) is 43.7 Å². The number of nitro benzene ring substituents is 1. The number of thiazole rings is 1. The number of halogens is 1. The highest BCUT2D eigenvalue weighted by atomic mass is 32.1. The van der Waals surface area contributed by atoms with Crippen molar-refractivity contribution < 1.29 is 23.6 Å². The van der Waals surface area contributed by atoms with Crippen molar-refractivity contribution in [2.75, 3.05) is 11.9 Å². The van der Waals surface area contributed by atoms with Crippen LogP contribution in [0.3, 0.4) is 0 Å². The molecule has 0 aliphatic rings. The molecule has 0 aliphatic heterocycles. The van der Waals surface area contributed by atoms with Crippen molar-refractivity contribution in [2.45, 2.75) is 20.4 Å². The second-order valence-corrected chi connectivity index (χ2v) is 8.16. The summed E-state index contributed by atoms with van der Waals surface area (Å²) in [6, 6.07) is 9.80. The van der Waals surface area contributed by atoms with E-state index in [1.165, 1.54) is 30.3 Å². The summed E-state index contributed by atoms with van der Waals surface area (Å²) in [7, 11) is 0. The number of hydrogen-bond donors (Lipinski definition) is 1. The number of aromatic nitrogens is 1. The highest BCUT2D eigenvalue weighted by Crippen LogP contribution is 2.19. The number of esters is 1. The summed E-state index contributed by atoms with van der Waals surface area (Å²) in [5, 5.41) is 13.7. The third kappa shape index (κ3) is 6.01. The number of hydrogen-bond acceptors (Lipinski definition) is 7. The number of anilines is 1. The predicted molar refractivity (Wildman–Crippen MR) is 125 cm³/mol. The standard InChI is InChI=1S/C23H20FN3O6S/c1-3-33-22(29)12-21-26(13-20(28)25-17-6-4-5-16(24)11-17)23(30)19(34-21)10-15-8-7-14(2)18(9-15)27(31)32/h4-12H,3,13H2,1-2H3,(H,25,28)/b19-10-,21-12-. The first-order chi connectivity index (χ1) is 16.2. The lowest BCUT2D eigenvalue weighted by Gasteiger charge is -2.06. The number of ether oxygens (including phenoxy) is 1. The maximum absolute atomic E-state index is 13.4. The van der Waals surface area contributed by atoms with Crippen molar-refractivity contribution in [2.24, 2.45) is 0 Å². The van der Waals surface area contributed by atoms with Crippen molar-refractivity contribution in [3.63, 3.8) is 0 Å². The molecule has 176 valence electrons. The normalized spacial score (nSPS) is 12.0. The van der Waals surface area contributed by atoms with Gasteiger partial charge in [0.25, 0.3) is 11.2 Å². The van der Waals surface area contributed by atoms with Crippen LogP contribution in [-0.4, -0.2) is 28.0 Å². The predicted octanol–water partition coefficient (Wildman–Crippen LogP) is 2.08. The maximum atomic E-state index is 13.4. The van der Waals surface area contributed by atoms with Gasteiger partial charge in [0.2, 0.25) is 5.91 Å². The van der Waals surface area contributed by atoms with Crippen molar-refractivity contribution in [3.8, 4) is 0 Å². The van der Waals surface area contributed by atoms with Gasteiger partial charge in [-0.2, -0.15) is 0 Å². The van der Waals surface area contributed by atoms with Gasteiger partial charge in [-0.25, -0.2) is 9.18 Å². The molecule has 1 N–H and O–H groups in total. The summed E-state index contributed by atoms with van der Waals surface area (Å²) in [6.07, 6.45) is 2.54. The van der Waals surface area contributed by atoms with Gasteiger partial charge in [0.15, 0.2) is 0 Å². The summed E-state index contributed by atoms with van der Waals surface area (Å²) in [5.74, 6) is -1.84. The van der Waals surface area contributed by atoms with Crippen LogP contribution in [0.15, 0.2) is 47.3 Å². The number of benzene rings is 2. The van der Waals surface area contributed by atoms with Crippen LogP contribution in [0.25, 0.3) is 12.2 Å². The quantitative estimate of drug-likeness (QED) is 0.311. The zero-order valence-corrected chi connectivity index (χ0v) is 19.1. The number of carbonyl (C=O) groups is 2. The zero-order chi connectivity index (χ0) is 24.8. The Bertz CT molecular complexity index is 1440. The summed E-state index contributed by atoms with van der Waals surface area (Å²) in [5.41, 5.74) is 0.422. The molecule has 0 bridgehead atoms. The van der Waals surface area contributed by atoms with Gasteiger partial charge in [-0.1, -0.05) is 18.2 Å². The monoisotopic (exact) mass is 485 g/mol. The molecule has 0 saturated carbocycles. The van der Waals surface area contributed by atoms with Crippen LogP contribution in [0.2, 0.25) is 0 Å². The number of rotatable bonds is 7. The van der Waals surface area contributed by atoms with Crippen molar-refractivity contribution >= 4 is 46.7 Å². The zero-order valence-electron chi connectivity index (χ0n) is 18.2. The second-order valence-electron chi connectivity index (χ2n) is 7.10. The third-order valence-electron chi connectivity index (χ3n) is 4.60. The molecule has 0 spiro atoms. The number of carbonyl (C=O) groups excluding carboxylic acids is 2. The average Bonchev–Trinajstić information content (AvgIpc) is 3.03. The molecule has 1 amide bonds. The summed E-state index contributed by atoms with van der Waals surface area (Å²) >= 11 is 0.933. The van der Waals surface area contributed by atoms with E-state index in [9.17, 15) is 28.9 Å². The number of nitrogens with zero attached hydrogens (tertiary/aromatic N) is 2.